The molecule has 14 heavy (non-hydrogen) atoms. The van der Waals surface area contributed by atoms with Crippen LogP contribution >= 0.6 is 0 Å². The highest BCUT2D eigenvalue weighted by atomic mass is 16.5. The number of ether oxygens (including phenoxy) is 1. The van der Waals surface area contributed by atoms with Gasteiger partial charge in [-0.1, -0.05) is 12.8 Å². The maximum atomic E-state index is 11.6. The predicted octanol–water partition coefficient (Wildman–Crippen LogP) is 1.19. The van der Waals surface area contributed by atoms with Gasteiger partial charge in [-0.15, -0.1) is 0 Å². The summed E-state index contributed by atoms with van der Waals surface area (Å²) in [4.78, 5) is 11.6. The first kappa shape index (κ1) is 9.97. The van der Waals surface area contributed by atoms with Gasteiger partial charge in [0, 0.05) is 0 Å². The van der Waals surface area contributed by atoms with Crippen LogP contribution in [0.15, 0.2) is 0 Å². The first-order valence-corrected chi connectivity index (χ1v) is 5.61. The highest BCUT2D eigenvalue weighted by Crippen LogP contribution is 2.37. The molecule has 2 aliphatic rings. The van der Waals surface area contributed by atoms with Crippen molar-refractivity contribution in [2.75, 3.05) is 20.2 Å². The van der Waals surface area contributed by atoms with E-state index in [1.54, 1.807) is 0 Å². The molecule has 0 aromatic carbocycles. The van der Waals surface area contributed by atoms with Crippen LogP contribution in [0.5, 0.6) is 0 Å². The molecule has 3 heteroatoms. The fourth-order valence-corrected chi connectivity index (χ4v) is 2.78. The van der Waals surface area contributed by atoms with Gasteiger partial charge in [0.15, 0.2) is 0 Å². The minimum Gasteiger partial charge on any atom is -0.469 e. The Balaban J connectivity index is 1.98. The number of carbonyl (C=O) groups is 1. The van der Waals surface area contributed by atoms with Crippen molar-refractivity contribution in [2.24, 2.45) is 17.8 Å². The Morgan fingerprint density at radius 2 is 2.00 bits per heavy atom. The lowest BCUT2D eigenvalue weighted by Gasteiger charge is -2.40. The Morgan fingerprint density at radius 3 is 2.57 bits per heavy atom. The Labute approximate surface area is 85.2 Å². The van der Waals surface area contributed by atoms with Gasteiger partial charge in [-0.05, 0) is 37.8 Å². The molecule has 1 N–H and O–H groups in total. The quantitative estimate of drug-likeness (QED) is 0.676. The molecule has 0 aromatic rings. The van der Waals surface area contributed by atoms with E-state index in [1.807, 2.05) is 0 Å². The molecule has 2 fully saturated rings. The SMILES string of the molecule is COC(=O)[C@H]1CCCC[C@H]1C1CNC1. The van der Waals surface area contributed by atoms with Crippen LogP contribution in [0.25, 0.3) is 0 Å². The summed E-state index contributed by atoms with van der Waals surface area (Å²) in [5.74, 6) is 1.50. The Bertz CT molecular complexity index is 213. The van der Waals surface area contributed by atoms with Crippen molar-refractivity contribution in [3.05, 3.63) is 0 Å². The lowest BCUT2D eigenvalue weighted by molar-refractivity contribution is -0.150. The summed E-state index contributed by atoms with van der Waals surface area (Å²) in [6.07, 6.45) is 4.73. The number of esters is 1. The molecule has 0 spiro atoms. The second kappa shape index (κ2) is 4.30. The third-order valence-electron chi connectivity index (χ3n) is 3.74. The maximum absolute atomic E-state index is 11.6. The summed E-state index contributed by atoms with van der Waals surface area (Å²) in [6, 6.07) is 0. The number of hydrogen-bond donors (Lipinski definition) is 1. The second-order valence-electron chi connectivity index (χ2n) is 4.50. The summed E-state index contributed by atoms with van der Waals surface area (Å²) in [6.45, 7) is 2.19. The topological polar surface area (TPSA) is 38.3 Å². The Kier molecular flexibility index (Phi) is 3.06. The summed E-state index contributed by atoms with van der Waals surface area (Å²) >= 11 is 0. The fraction of sp³-hybridized carbons (Fsp3) is 0.909. The molecule has 1 aliphatic carbocycles. The van der Waals surface area contributed by atoms with Crippen molar-refractivity contribution < 1.29 is 9.53 Å². The van der Waals surface area contributed by atoms with E-state index in [-0.39, 0.29) is 11.9 Å². The van der Waals surface area contributed by atoms with E-state index in [1.165, 1.54) is 26.4 Å². The van der Waals surface area contributed by atoms with Gasteiger partial charge < -0.3 is 10.1 Å². The van der Waals surface area contributed by atoms with Gasteiger partial charge >= 0.3 is 5.97 Å². The zero-order chi connectivity index (χ0) is 9.97. The van der Waals surface area contributed by atoms with Crippen LogP contribution in [0.1, 0.15) is 25.7 Å². The smallest absolute Gasteiger partial charge is 0.308 e. The van der Waals surface area contributed by atoms with Crippen molar-refractivity contribution in [2.45, 2.75) is 25.7 Å². The van der Waals surface area contributed by atoms with Gasteiger partial charge in [0.1, 0.15) is 0 Å². The monoisotopic (exact) mass is 197 g/mol. The van der Waals surface area contributed by atoms with Crippen LogP contribution in [0.3, 0.4) is 0 Å². The predicted molar refractivity (Wildman–Crippen MR) is 53.8 cm³/mol. The van der Waals surface area contributed by atoms with E-state index in [0.717, 1.165) is 25.4 Å². The minimum absolute atomic E-state index is 0.0154. The van der Waals surface area contributed by atoms with Gasteiger partial charge in [0.25, 0.3) is 0 Å². The van der Waals surface area contributed by atoms with Crippen molar-refractivity contribution >= 4 is 5.97 Å². The van der Waals surface area contributed by atoms with Crippen LogP contribution in [-0.2, 0) is 9.53 Å². The zero-order valence-corrected chi connectivity index (χ0v) is 8.79. The Morgan fingerprint density at radius 1 is 1.29 bits per heavy atom. The van der Waals surface area contributed by atoms with Crippen LogP contribution in [0.2, 0.25) is 0 Å². The molecule has 1 heterocycles. The summed E-state index contributed by atoms with van der Waals surface area (Å²) in [7, 11) is 1.51. The van der Waals surface area contributed by atoms with Crippen molar-refractivity contribution in [3.8, 4) is 0 Å². The molecule has 0 bridgehead atoms. The first-order valence-electron chi connectivity index (χ1n) is 5.61. The van der Waals surface area contributed by atoms with Crippen molar-refractivity contribution in [3.63, 3.8) is 0 Å². The van der Waals surface area contributed by atoms with Gasteiger partial charge in [0.2, 0.25) is 0 Å². The Hall–Kier alpha value is -0.570. The molecule has 0 amide bonds. The fourth-order valence-electron chi connectivity index (χ4n) is 2.78. The molecular weight excluding hydrogens is 178 g/mol. The molecule has 0 radical (unpaired) electrons. The molecular formula is C11H19NO2. The van der Waals surface area contributed by atoms with Gasteiger partial charge in [0.05, 0.1) is 13.0 Å². The standard InChI is InChI=1S/C11H19NO2/c1-14-11(13)10-5-3-2-4-9(10)8-6-12-7-8/h8-10,12H,2-7H2,1H3/t9-,10-/m0/s1. The van der Waals surface area contributed by atoms with Gasteiger partial charge in [-0.3, -0.25) is 4.79 Å². The highest BCUT2D eigenvalue weighted by molar-refractivity contribution is 5.72. The van der Waals surface area contributed by atoms with Crippen molar-refractivity contribution in [1.82, 2.24) is 5.32 Å². The molecule has 0 aromatic heterocycles. The molecule has 2 atom stereocenters. The third-order valence-corrected chi connectivity index (χ3v) is 3.74. The number of carbonyl (C=O) groups excluding carboxylic acids is 1. The molecule has 1 aliphatic heterocycles. The number of methoxy groups -OCH3 is 1. The number of rotatable bonds is 2. The molecule has 0 unspecified atom stereocenters. The van der Waals surface area contributed by atoms with Gasteiger partial charge in [-0.2, -0.15) is 0 Å². The van der Waals surface area contributed by atoms with Crippen LogP contribution < -0.4 is 5.32 Å². The third kappa shape index (κ3) is 1.78. The molecule has 80 valence electrons. The largest absolute Gasteiger partial charge is 0.469 e. The highest BCUT2D eigenvalue weighted by Gasteiger charge is 2.38. The molecule has 2 rings (SSSR count). The van der Waals surface area contributed by atoms with Crippen LogP contribution in [-0.4, -0.2) is 26.2 Å². The molecule has 1 saturated heterocycles. The number of nitrogens with one attached hydrogen (secondary N) is 1. The average Bonchev–Trinajstić information content (AvgIpc) is 2.15. The normalized spacial score (nSPS) is 33.5. The molecule has 1 saturated carbocycles. The number of hydrogen-bond acceptors (Lipinski definition) is 3. The van der Waals surface area contributed by atoms with E-state index in [9.17, 15) is 4.79 Å². The lowest BCUT2D eigenvalue weighted by atomic mass is 9.70. The second-order valence-corrected chi connectivity index (χ2v) is 4.50. The van der Waals surface area contributed by atoms with E-state index in [2.05, 4.69) is 5.32 Å². The molecule has 3 nitrogen and oxygen atoms in total. The van der Waals surface area contributed by atoms with E-state index in [0.29, 0.717) is 5.92 Å². The minimum atomic E-state index is 0.0154. The average molecular weight is 197 g/mol. The van der Waals surface area contributed by atoms with Crippen LogP contribution in [0, 0.1) is 17.8 Å². The first-order chi connectivity index (χ1) is 6.83. The lowest BCUT2D eigenvalue weighted by Crippen LogP contribution is -2.50. The van der Waals surface area contributed by atoms with Crippen LogP contribution in [0.4, 0.5) is 0 Å². The van der Waals surface area contributed by atoms with E-state index < -0.39 is 0 Å². The maximum Gasteiger partial charge on any atom is 0.308 e. The summed E-state index contributed by atoms with van der Waals surface area (Å²) in [5.41, 5.74) is 0. The van der Waals surface area contributed by atoms with Gasteiger partial charge in [-0.25, -0.2) is 0 Å². The summed E-state index contributed by atoms with van der Waals surface area (Å²) < 4.78 is 4.88. The zero-order valence-electron chi connectivity index (χ0n) is 8.79. The van der Waals surface area contributed by atoms with E-state index in [4.69, 9.17) is 4.74 Å². The summed E-state index contributed by atoms with van der Waals surface area (Å²) in [5, 5.41) is 3.28. The van der Waals surface area contributed by atoms with E-state index >= 15 is 0 Å². The van der Waals surface area contributed by atoms with Crippen molar-refractivity contribution in [1.29, 1.82) is 0 Å².